The van der Waals surface area contributed by atoms with Gasteiger partial charge in [0.1, 0.15) is 11.5 Å². The number of amidine groups is 1. The van der Waals surface area contributed by atoms with Gasteiger partial charge in [-0.25, -0.2) is 0 Å². The summed E-state index contributed by atoms with van der Waals surface area (Å²) in [5.74, 6) is 1.28. The predicted molar refractivity (Wildman–Crippen MR) is 140 cm³/mol. The Morgan fingerprint density at radius 3 is 2.58 bits per heavy atom. The average Bonchev–Trinajstić information content (AvgIpc) is 2.88. The molecule has 0 aliphatic carbocycles. The van der Waals surface area contributed by atoms with E-state index < -0.39 is 6.10 Å². The molecule has 2 heterocycles. The maximum absolute atomic E-state index is 13.1. The number of nitrogens with zero attached hydrogens (tertiary/aromatic N) is 3. The summed E-state index contributed by atoms with van der Waals surface area (Å²) >= 11 is 0. The van der Waals surface area contributed by atoms with Gasteiger partial charge in [-0.05, 0) is 50.2 Å². The van der Waals surface area contributed by atoms with E-state index in [-0.39, 0.29) is 24.2 Å². The minimum absolute atomic E-state index is 0.0248. The van der Waals surface area contributed by atoms with Crippen molar-refractivity contribution in [1.29, 1.82) is 5.41 Å². The highest BCUT2D eigenvalue weighted by molar-refractivity contribution is 6.03. The van der Waals surface area contributed by atoms with Gasteiger partial charge >= 0.3 is 5.90 Å². The van der Waals surface area contributed by atoms with E-state index in [1.54, 1.807) is 31.4 Å². The van der Waals surface area contributed by atoms with E-state index in [1.165, 1.54) is 7.11 Å². The molecule has 4 N–H and O–H groups in total. The molecule has 1 saturated heterocycles. The SMILES string of the molecule is COCC([OH2+])=NC(=N)c1ccc(NC(=O)C2CCc3cc(OC)cc(N4CCN(C)CC4)c3O2)cc1. The molecule has 0 spiro atoms. The number of hydrogen-bond donors (Lipinski definition) is 2. The van der Waals surface area contributed by atoms with Gasteiger partial charge in [0, 0.05) is 56.2 Å². The van der Waals surface area contributed by atoms with Gasteiger partial charge in [0.15, 0.2) is 18.5 Å². The summed E-state index contributed by atoms with van der Waals surface area (Å²) in [5, 5.41) is 18.6. The zero-order valence-electron chi connectivity index (χ0n) is 21.0. The van der Waals surface area contributed by atoms with Crippen molar-refractivity contribution in [2.45, 2.75) is 18.9 Å². The highest BCUT2D eigenvalue weighted by Crippen LogP contribution is 2.41. The quantitative estimate of drug-likeness (QED) is 0.343. The Hall–Kier alpha value is -3.63. The van der Waals surface area contributed by atoms with Gasteiger partial charge in [-0.3, -0.25) is 10.2 Å². The van der Waals surface area contributed by atoms with Gasteiger partial charge in [0.25, 0.3) is 5.91 Å². The van der Waals surface area contributed by atoms with Gasteiger partial charge < -0.3 is 34.4 Å². The van der Waals surface area contributed by atoms with Crippen LogP contribution in [0.1, 0.15) is 17.5 Å². The van der Waals surface area contributed by atoms with Crippen molar-refractivity contribution in [1.82, 2.24) is 4.90 Å². The molecule has 1 atom stereocenters. The molecule has 36 heavy (non-hydrogen) atoms. The van der Waals surface area contributed by atoms with Crippen LogP contribution in [0.25, 0.3) is 0 Å². The topological polar surface area (TPSA) is 122 Å². The van der Waals surface area contributed by atoms with Crippen LogP contribution in [0, 0.1) is 5.41 Å². The second-order valence-corrected chi connectivity index (χ2v) is 8.98. The average molecular weight is 497 g/mol. The number of methoxy groups -OCH3 is 2. The van der Waals surface area contributed by atoms with Crippen molar-refractivity contribution in [2.24, 2.45) is 4.99 Å². The minimum atomic E-state index is -0.611. The van der Waals surface area contributed by atoms with Crippen molar-refractivity contribution in [3.63, 3.8) is 0 Å². The summed E-state index contributed by atoms with van der Waals surface area (Å²) in [6.07, 6.45) is 0.674. The number of aliphatic imine (C=N–C) groups is 1. The molecule has 10 heteroatoms. The number of carbonyl (C=O) groups is 1. The Morgan fingerprint density at radius 2 is 1.92 bits per heavy atom. The number of piperazine rings is 1. The fraction of sp³-hybridized carbons (Fsp3) is 0.423. The molecule has 2 aliphatic rings. The molecule has 0 bridgehead atoms. The van der Waals surface area contributed by atoms with Crippen LogP contribution in [-0.2, 0) is 16.0 Å². The highest BCUT2D eigenvalue weighted by atomic mass is 16.5. The Balaban J connectivity index is 1.45. The summed E-state index contributed by atoms with van der Waals surface area (Å²) in [6.45, 7) is 3.74. The van der Waals surface area contributed by atoms with Crippen LogP contribution in [0.3, 0.4) is 0 Å². The van der Waals surface area contributed by atoms with Gasteiger partial charge in [-0.15, -0.1) is 4.99 Å². The van der Waals surface area contributed by atoms with Crippen molar-refractivity contribution >= 4 is 29.0 Å². The van der Waals surface area contributed by atoms with Crippen LogP contribution >= 0.6 is 0 Å². The summed E-state index contributed by atoms with van der Waals surface area (Å²) in [7, 11) is 5.26. The van der Waals surface area contributed by atoms with E-state index in [2.05, 4.69) is 27.2 Å². The molecule has 2 aromatic carbocycles. The lowest BCUT2D eigenvalue weighted by Gasteiger charge is -2.37. The highest BCUT2D eigenvalue weighted by Gasteiger charge is 2.31. The molecule has 1 unspecified atom stereocenters. The number of nitrogens with one attached hydrogen (secondary N) is 2. The van der Waals surface area contributed by atoms with E-state index in [4.69, 9.17) is 24.7 Å². The van der Waals surface area contributed by atoms with Crippen molar-refractivity contribution in [3.8, 4) is 11.5 Å². The first-order valence-corrected chi connectivity index (χ1v) is 12.0. The van der Waals surface area contributed by atoms with Crippen LogP contribution in [0.4, 0.5) is 11.4 Å². The molecular formula is C26H34N5O5+. The van der Waals surface area contributed by atoms with Crippen LogP contribution in [-0.4, -0.2) is 87.8 Å². The van der Waals surface area contributed by atoms with Crippen LogP contribution in [0.2, 0.25) is 0 Å². The van der Waals surface area contributed by atoms with Crippen LogP contribution in [0.5, 0.6) is 11.5 Å². The fourth-order valence-electron chi connectivity index (χ4n) is 4.34. The smallest absolute Gasteiger partial charge is 0.359 e. The number of benzene rings is 2. The number of amides is 1. The Morgan fingerprint density at radius 1 is 1.19 bits per heavy atom. The summed E-state index contributed by atoms with van der Waals surface area (Å²) in [6, 6.07) is 10.8. The van der Waals surface area contributed by atoms with E-state index in [1.807, 2.05) is 12.1 Å². The number of rotatable bonds is 7. The van der Waals surface area contributed by atoms with Crippen molar-refractivity contribution in [3.05, 3.63) is 47.5 Å². The molecule has 4 rings (SSSR count). The second kappa shape index (κ2) is 11.4. The molecule has 1 amide bonds. The number of anilines is 2. The maximum atomic E-state index is 13.1. The van der Waals surface area contributed by atoms with Crippen molar-refractivity contribution < 1.29 is 24.1 Å². The van der Waals surface area contributed by atoms with Crippen LogP contribution < -0.4 is 19.7 Å². The first-order chi connectivity index (χ1) is 17.4. The number of hydrogen-bond acceptors (Lipinski definition) is 7. The molecule has 1 fully saturated rings. The number of fused-ring (bicyclic) bond motifs is 1. The summed E-state index contributed by atoms with van der Waals surface area (Å²) in [4.78, 5) is 21.6. The first-order valence-electron chi connectivity index (χ1n) is 12.0. The Kier molecular flexibility index (Phi) is 8.07. The Labute approximate surface area is 211 Å². The third kappa shape index (κ3) is 5.95. The first kappa shape index (κ1) is 25.5. The standard InChI is InChI=1S/C26H33N5O5/c1-30-10-12-31(13-11-30)21-15-20(35-3)14-18-6-9-22(36-24(18)21)26(33)28-19-7-4-17(5-8-19)25(27)29-23(32)16-34-2/h4-5,7-8,14-15,22H,6,9-13,16H2,1-3H3,(H,28,33)(H2,27,29,32)/p+1. The van der Waals surface area contributed by atoms with Crippen molar-refractivity contribution in [2.75, 3.05) is 64.3 Å². The zero-order chi connectivity index (χ0) is 25.7. The maximum Gasteiger partial charge on any atom is 0.359 e. The van der Waals surface area contributed by atoms with E-state index in [0.717, 1.165) is 55.3 Å². The van der Waals surface area contributed by atoms with E-state index in [0.29, 0.717) is 17.7 Å². The number of aryl methyl sites for hydroxylation is 1. The molecular weight excluding hydrogens is 462 g/mol. The van der Waals surface area contributed by atoms with Gasteiger partial charge in [-0.2, -0.15) is 0 Å². The molecule has 2 aromatic rings. The number of likely N-dealkylation sites (N-methyl/N-ethyl adjacent to an activating group) is 1. The van der Waals surface area contributed by atoms with Gasteiger partial charge in [0.05, 0.1) is 12.8 Å². The Bertz CT molecular complexity index is 1130. The van der Waals surface area contributed by atoms with Crippen LogP contribution in [0.15, 0.2) is 41.4 Å². The molecule has 0 aromatic heterocycles. The lowest BCUT2D eigenvalue weighted by Crippen LogP contribution is -2.45. The summed E-state index contributed by atoms with van der Waals surface area (Å²) in [5.41, 5.74) is 3.17. The lowest BCUT2D eigenvalue weighted by molar-refractivity contribution is -0.123. The predicted octanol–water partition coefficient (Wildman–Crippen LogP) is 1.87. The third-order valence-corrected chi connectivity index (χ3v) is 6.38. The fourth-order valence-corrected chi connectivity index (χ4v) is 4.34. The van der Waals surface area contributed by atoms with E-state index >= 15 is 0 Å². The normalized spacial score (nSPS) is 18.2. The minimum Gasteiger partial charge on any atom is -0.580 e. The van der Waals surface area contributed by atoms with Gasteiger partial charge in [-0.1, -0.05) is 0 Å². The number of carbonyl (C=O) groups excluding carboxylic acids is 1. The number of ether oxygens (including phenoxy) is 3. The van der Waals surface area contributed by atoms with E-state index in [9.17, 15) is 4.79 Å². The third-order valence-electron chi connectivity index (χ3n) is 6.38. The summed E-state index contributed by atoms with van der Waals surface area (Å²) < 4.78 is 16.7. The largest absolute Gasteiger partial charge is 0.580 e. The van der Waals surface area contributed by atoms with Gasteiger partial charge in [0.2, 0.25) is 0 Å². The molecule has 192 valence electrons. The molecule has 0 saturated carbocycles. The molecule has 10 nitrogen and oxygen atoms in total. The lowest BCUT2D eigenvalue weighted by atomic mass is 9.99. The molecule has 0 radical (unpaired) electrons. The second-order valence-electron chi connectivity index (χ2n) is 8.98. The zero-order valence-corrected chi connectivity index (χ0v) is 21.0. The monoisotopic (exact) mass is 496 g/mol. The molecule has 2 aliphatic heterocycles.